The van der Waals surface area contributed by atoms with Crippen molar-refractivity contribution < 1.29 is 19.1 Å². The van der Waals surface area contributed by atoms with Gasteiger partial charge in [0, 0.05) is 24.0 Å². The number of nitrogens with zero attached hydrogens (tertiary/aromatic N) is 2. The predicted molar refractivity (Wildman–Crippen MR) is 100 cm³/mol. The molecule has 6 nitrogen and oxygen atoms in total. The third-order valence-electron chi connectivity index (χ3n) is 4.42. The molecule has 0 bridgehead atoms. The van der Waals surface area contributed by atoms with Gasteiger partial charge in [0.15, 0.2) is 0 Å². The molecule has 1 amide bonds. The van der Waals surface area contributed by atoms with E-state index in [9.17, 15) is 9.59 Å². The summed E-state index contributed by atoms with van der Waals surface area (Å²) in [4.78, 5) is 30.5. The maximum atomic E-state index is 12.5. The molecule has 0 saturated carbocycles. The van der Waals surface area contributed by atoms with Gasteiger partial charge in [-0.3, -0.25) is 9.88 Å². The number of carbonyl (C=O) groups is 2. The highest BCUT2D eigenvalue weighted by atomic mass is 16.6. The number of rotatable bonds is 6. The lowest BCUT2D eigenvalue weighted by atomic mass is 10.0. The highest BCUT2D eigenvalue weighted by molar-refractivity contribution is 5.95. The molecule has 2 aromatic rings. The fourth-order valence-corrected chi connectivity index (χ4v) is 2.84. The second-order valence-corrected chi connectivity index (χ2v) is 6.30. The van der Waals surface area contributed by atoms with E-state index in [2.05, 4.69) is 4.98 Å². The van der Waals surface area contributed by atoms with Crippen LogP contribution in [0.5, 0.6) is 0 Å². The molecule has 2 atom stereocenters. The predicted octanol–water partition coefficient (Wildman–Crippen LogP) is 3.96. The lowest BCUT2D eigenvalue weighted by Crippen LogP contribution is -2.27. The molecule has 3 rings (SSSR count). The Hall–Kier alpha value is -3.15. The Morgan fingerprint density at radius 2 is 2.11 bits per heavy atom. The number of amides is 1. The van der Waals surface area contributed by atoms with Crippen molar-refractivity contribution in [2.75, 3.05) is 6.61 Å². The Morgan fingerprint density at radius 3 is 2.78 bits per heavy atom. The van der Waals surface area contributed by atoms with Gasteiger partial charge in [-0.1, -0.05) is 37.3 Å². The molecular formula is C21H22N2O4. The summed E-state index contributed by atoms with van der Waals surface area (Å²) in [6, 6.07) is 12.8. The first kappa shape index (κ1) is 18.6. The number of hydrogen-bond donors (Lipinski definition) is 0. The molecule has 1 aliphatic heterocycles. The zero-order valence-electron chi connectivity index (χ0n) is 15.4. The molecule has 6 heteroatoms. The number of esters is 1. The zero-order valence-corrected chi connectivity index (χ0v) is 15.4. The van der Waals surface area contributed by atoms with Gasteiger partial charge in [0.25, 0.3) is 0 Å². The summed E-state index contributed by atoms with van der Waals surface area (Å²) in [6.07, 6.45) is 4.58. The zero-order chi connectivity index (χ0) is 19.2. The summed E-state index contributed by atoms with van der Waals surface area (Å²) in [5, 5.41) is 0. The standard InChI is InChI=1S/C21H22N2O4/c1-3-15(2)27-20(24)12-18(17-10-7-11-22-13-17)23-19(14-26-21(23)25)16-8-5-4-6-9-16/h4-13,15,19H,3,14H2,1-2H3/t15?,19-/m0/s1. The van der Waals surface area contributed by atoms with E-state index in [0.717, 1.165) is 5.56 Å². The lowest BCUT2D eigenvalue weighted by Gasteiger charge is -2.24. The second-order valence-electron chi connectivity index (χ2n) is 6.30. The van der Waals surface area contributed by atoms with Crippen LogP contribution in [0, 0.1) is 0 Å². The van der Waals surface area contributed by atoms with Crippen molar-refractivity contribution in [2.24, 2.45) is 0 Å². The summed E-state index contributed by atoms with van der Waals surface area (Å²) in [6.45, 7) is 3.97. The summed E-state index contributed by atoms with van der Waals surface area (Å²) in [5.74, 6) is -0.505. The van der Waals surface area contributed by atoms with E-state index in [1.165, 1.54) is 11.0 Å². The highest BCUT2D eigenvalue weighted by Crippen LogP contribution is 2.35. The molecule has 0 radical (unpaired) electrons. The Labute approximate surface area is 158 Å². The van der Waals surface area contributed by atoms with Gasteiger partial charge in [-0.05, 0) is 31.0 Å². The SMILES string of the molecule is CCC(C)OC(=O)C=C(c1cccnc1)N1C(=O)OC[C@H]1c1ccccc1. The van der Waals surface area contributed by atoms with Crippen LogP contribution in [-0.2, 0) is 14.3 Å². The average Bonchev–Trinajstić information content (AvgIpc) is 3.08. The van der Waals surface area contributed by atoms with Crippen LogP contribution in [0.4, 0.5) is 4.79 Å². The number of ether oxygens (including phenoxy) is 2. The molecule has 1 aliphatic rings. The Kier molecular flexibility index (Phi) is 5.86. The van der Waals surface area contributed by atoms with Gasteiger partial charge in [-0.15, -0.1) is 0 Å². The minimum atomic E-state index is -0.505. The number of carbonyl (C=O) groups excluding carboxylic acids is 2. The maximum absolute atomic E-state index is 12.5. The monoisotopic (exact) mass is 366 g/mol. The fourth-order valence-electron chi connectivity index (χ4n) is 2.84. The first-order chi connectivity index (χ1) is 13.1. The highest BCUT2D eigenvalue weighted by Gasteiger charge is 2.37. The van der Waals surface area contributed by atoms with Gasteiger partial charge in [0.05, 0.1) is 17.8 Å². The van der Waals surface area contributed by atoms with E-state index in [4.69, 9.17) is 9.47 Å². The van der Waals surface area contributed by atoms with Crippen LogP contribution in [0.1, 0.15) is 37.4 Å². The molecule has 1 saturated heterocycles. The third-order valence-corrected chi connectivity index (χ3v) is 4.42. The van der Waals surface area contributed by atoms with Crippen molar-refractivity contribution in [2.45, 2.75) is 32.4 Å². The normalized spacial score (nSPS) is 18.1. The lowest BCUT2D eigenvalue weighted by molar-refractivity contribution is -0.142. The molecule has 1 aromatic heterocycles. The van der Waals surface area contributed by atoms with Gasteiger partial charge in [0.1, 0.15) is 6.61 Å². The van der Waals surface area contributed by atoms with Gasteiger partial charge in [0.2, 0.25) is 0 Å². The van der Waals surface area contributed by atoms with E-state index < -0.39 is 12.1 Å². The van der Waals surface area contributed by atoms with Crippen LogP contribution in [0.3, 0.4) is 0 Å². The Balaban J connectivity index is 2.01. The smallest absolute Gasteiger partial charge is 0.415 e. The van der Waals surface area contributed by atoms with Crippen LogP contribution in [0.25, 0.3) is 5.70 Å². The maximum Gasteiger partial charge on any atom is 0.415 e. The van der Waals surface area contributed by atoms with E-state index in [1.807, 2.05) is 44.2 Å². The topological polar surface area (TPSA) is 68.7 Å². The molecule has 0 spiro atoms. The second kappa shape index (κ2) is 8.49. The molecule has 2 heterocycles. The van der Waals surface area contributed by atoms with E-state index >= 15 is 0 Å². The Bertz CT molecular complexity index is 821. The van der Waals surface area contributed by atoms with E-state index in [0.29, 0.717) is 17.7 Å². The Morgan fingerprint density at radius 1 is 1.33 bits per heavy atom. The van der Waals surface area contributed by atoms with Crippen molar-refractivity contribution in [3.05, 3.63) is 72.1 Å². The summed E-state index contributed by atoms with van der Waals surface area (Å²) < 4.78 is 10.7. The largest absolute Gasteiger partial charge is 0.459 e. The van der Waals surface area contributed by atoms with Crippen molar-refractivity contribution in [1.29, 1.82) is 0 Å². The quantitative estimate of drug-likeness (QED) is 0.572. The van der Waals surface area contributed by atoms with Gasteiger partial charge >= 0.3 is 12.1 Å². The minimum absolute atomic E-state index is 0.209. The van der Waals surface area contributed by atoms with E-state index in [1.54, 1.807) is 24.5 Å². The fraction of sp³-hybridized carbons (Fsp3) is 0.286. The number of benzene rings is 1. The molecule has 27 heavy (non-hydrogen) atoms. The van der Waals surface area contributed by atoms with Crippen LogP contribution < -0.4 is 0 Å². The van der Waals surface area contributed by atoms with Crippen molar-refractivity contribution in [3.8, 4) is 0 Å². The summed E-state index contributed by atoms with van der Waals surface area (Å²) in [5.41, 5.74) is 1.97. The van der Waals surface area contributed by atoms with Crippen LogP contribution in [0.2, 0.25) is 0 Å². The third kappa shape index (κ3) is 4.34. The number of aromatic nitrogens is 1. The average molecular weight is 366 g/mol. The molecule has 140 valence electrons. The number of pyridine rings is 1. The molecule has 1 fully saturated rings. The molecule has 1 unspecified atom stereocenters. The van der Waals surface area contributed by atoms with E-state index in [-0.39, 0.29) is 18.8 Å². The molecular weight excluding hydrogens is 344 g/mol. The number of cyclic esters (lactones) is 1. The van der Waals surface area contributed by atoms with Crippen molar-refractivity contribution in [3.63, 3.8) is 0 Å². The first-order valence-electron chi connectivity index (χ1n) is 8.93. The summed E-state index contributed by atoms with van der Waals surface area (Å²) >= 11 is 0. The van der Waals surface area contributed by atoms with Crippen LogP contribution >= 0.6 is 0 Å². The summed E-state index contributed by atoms with van der Waals surface area (Å²) in [7, 11) is 0. The molecule has 0 N–H and O–H groups in total. The molecule has 1 aromatic carbocycles. The van der Waals surface area contributed by atoms with Gasteiger partial charge < -0.3 is 9.47 Å². The minimum Gasteiger partial charge on any atom is -0.459 e. The molecule has 0 aliphatic carbocycles. The van der Waals surface area contributed by atoms with Crippen molar-refractivity contribution in [1.82, 2.24) is 9.88 Å². The van der Waals surface area contributed by atoms with Crippen LogP contribution in [-0.4, -0.2) is 34.7 Å². The van der Waals surface area contributed by atoms with Gasteiger partial charge in [-0.25, -0.2) is 9.59 Å². The van der Waals surface area contributed by atoms with Crippen molar-refractivity contribution >= 4 is 17.8 Å². The van der Waals surface area contributed by atoms with Crippen LogP contribution in [0.15, 0.2) is 60.9 Å². The van der Waals surface area contributed by atoms with Gasteiger partial charge in [-0.2, -0.15) is 0 Å². The first-order valence-corrected chi connectivity index (χ1v) is 8.93. The number of hydrogen-bond acceptors (Lipinski definition) is 5.